The molecule has 2 aromatic carbocycles. The lowest BCUT2D eigenvalue weighted by molar-refractivity contribution is 0.112. The number of carbonyl (C=O) groups is 1. The van der Waals surface area contributed by atoms with Crippen LogP contribution in [-0.4, -0.2) is 12.9 Å². The van der Waals surface area contributed by atoms with Crippen molar-refractivity contribution >= 4 is 6.29 Å². The van der Waals surface area contributed by atoms with E-state index in [9.17, 15) is 9.18 Å². The molecule has 0 aliphatic rings. The topological polar surface area (TPSA) is 26.3 Å². The highest BCUT2D eigenvalue weighted by molar-refractivity contribution is 5.79. The van der Waals surface area contributed by atoms with Gasteiger partial charge in [-0.25, -0.2) is 4.39 Å². The van der Waals surface area contributed by atoms with Crippen LogP contribution < -0.4 is 4.74 Å². The Morgan fingerprint density at radius 3 is 2.67 bits per heavy atom. The third-order valence-corrected chi connectivity index (χ3v) is 2.60. The first kappa shape index (κ1) is 12.3. The Morgan fingerprint density at radius 2 is 1.94 bits per heavy atom. The second-order valence-electron chi connectivity index (χ2n) is 3.81. The van der Waals surface area contributed by atoms with Gasteiger partial charge in [-0.2, -0.15) is 0 Å². The van der Waals surface area contributed by atoms with Crippen LogP contribution in [0, 0.1) is 5.82 Å². The lowest BCUT2D eigenvalue weighted by Gasteiger charge is -2.07. The number of hydrogen-bond acceptors (Lipinski definition) is 2. The Labute approximate surface area is 105 Å². The monoisotopic (exact) mass is 244 g/mol. The molecule has 0 spiro atoms. The van der Waals surface area contributed by atoms with Crippen molar-refractivity contribution in [2.24, 2.45) is 0 Å². The van der Waals surface area contributed by atoms with Gasteiger partial charge in [0.1, 0.15) is 11.6 Å². The molecule has 0 heterocycles. The van der Waals surface area contributed by atoms with E-state index in [1.165, 1.54) is 12.1 Å². The average Bonchev–Trinajstić information content (AvgIpc) is 2.40. The van der Waals surface area contributed by atoms with Crippen molar-refractivity contribution in [3.8, 4) is 16.9 Å². The average molecular weight is 244 g/mol. The summed E-state index contributed by atoms with van der Waals surface area (Å²) in [5.74, 6) is 0.252. The Kier molecular flexibility index (Phi) is 3.72. The lowest BCUT2D eigenvalue weighted by Crippen LogP contribution is -1.92. The van der Waals surface area contributed by atoms with E-state index in [-0.39, 0.29) is 5.56 Å². The normalized spacial score (nSPS) is 10.1. The molecule has 3 heteroatoms. The number of benzene rings is 2. The van der Waals surface area contributed by atoms with Gasteiger partial charge in [0.25, 0.3) is 0 Å². The zero-order chi connectivity index (χ0) is 13.0. The predicted molar refractivity (Wildman–Crippen MR) is 68.4 cm³/mol. The Morgan fingerprint density at radius 1 is 1.17 bits per heavy atom. The molecule has 0 radical (unpaired) electrons. The summed E-state index contributed by atoms with van der Waals surface area (Å²) in [6.07, 6.45) is 0.519. The van der Waals surface area contributed by atoms with Gasteiger partial charge in [-0.05, 0) is 42.3 Å². The van der Waals surface area contributed by atoms with Crippen LogP contribution >= 0.6 is 0 Å². The molecule has 0 bridgehead atoms. The molecule has 0 aliphatic carbocycles. The highest BCUT2D eigenvalue weighted by atomic mass is 19.1. The largest absolute Gasteiger partial charge is 0.494 e. The zero-order valence-electron chi connectivity index (χ0n) is 10.0. The number of ether oxygens (including phenoxy) is 1. The quantitative estimate of drug-likeness (QED) is 0.766. The second kappa shape index (κ2) is 5.45. The SMILES string of the molecule is CCOc1cccc(-c2ccc(F)c(C=O)c2)c1. The fourth-order valence-electron chi connectivity index (χ4n) is 1.75. The molecule has 0 aliphatic heterocycles. The maximum absolute atomic E-state index is 13.2. The number of hydrogen-bond donors (Lipinski definition) is 0. The highest BCUT2D eigenvalue weighted by Gasteiger charge is 2.05. The maximum Gasteiger partial charge on any atom is 0.153 e. The van der Waals surface area contributed by atoms with Gasteiger partial charge in [0.2, 0.25) is 0 Å². The van der Waals surface area contributed by atoms with E-state index in [4.69, 9.17) is 4.74 Å². The predicted octanol–water partition coefficient (Wildman–Crippen LogP) is 3.70. The van der Waals surface area contributed by atoms with E-state index in [0.29, 0.717) is 12.9 Å². The van der Waals surface area contributed by atoms with Crippen LogP contribution in [0.3, 0.4) is 0 Å². The second-order valence-corrected chi connectivity index (χ2v) is 3.81. The molecule has 0 saturated heterocycles. The van der Waals surface area contributed by atoms with Crippen molar-refractivity contribution in [3.05, 3.63) is 53.8 Å². The van der Waals surface area contributed by atoms with Crippen LogP contribution in [0.5, 0.6) is 5.75 Å². The van der Waals surface area contributed by atoms with Crippen LogP contribution in [-0.2, 0) is 0 Å². The first-order valence-electron chi connectivity index (χ1n) is 5.72. The number of rotatable bonds is 4. The summed E-state index contributed by atoms with van der Waals surface area (Å²) in [4.78, 5) is 10.7. The summed E-state index contributed by atoms with van der Waals surface area (Å²) in [5, 5.41) is 0. The number of carbonyl (C=O) groups excluding carboxylic acids is 1. The van der Waals surface area contributed by atoms with Crippen LogP contribution in [0.2, 0.25) is 0 Å². The molecule has 0 atom stereocenters. The molecule has 92 valence electrons. The third-order valence-electron chi connectivity index (χ3n) is 2.60. The Bertz CT molecular complexity index is 564. The molecule has 2 rings (SSSR count). The van der Waals surface area contributed by atoms with Crippen molar-refractivity contribution < 1.29 is 13.9 Å². The summed E-state index contributed by atoms with van der Waals surface area (Å²) >= 11 is 0. The first-order chi connectivity index (χ1) is 8.74. The molecule has 0 unspecified atom stereocenters. The van der Waals surface area contributed by atoms with Gasteiger partial charge in [0.05, 0.1) is 12.2 Å². The van der Waals surface area contributed by atoms with E-state index in [1.807, 2.05) is 31.2 Å². The number of aldehydes is 1. The van der Waals surface area contributed by atoms with Gasteiger partial charge in [-0.15, -0.1) is 0 Å². The fraction of sp³-hybridized carbons (Fsp3) is 0.133. The van der Waals surface area contributed by atoms with E-state index in [1.54, 1.807) is 6.07 Å². The summed E-state index contributed by atoms with van der Waals surface area (Å²) in [6, 6.07) is 12.0. The molecule has 0 aromatic heterocycles. The molecule has 0 fully saturated rings. The molecular weight excluding hydrogens is 231 g/mol. The Hall–Kier alpha value is -2.16. The number of halogens is 1. The summed E-state index contributed by atoms with van der Waals surface area (Å²) in [7, 11) is 0. The lowest BCUT2D eigenvalue weighted by atomic mass is 10.0. The Balaban J connectivity index is 2.41. The van der Waals surface area contributed by atoms with Gasteiger partial charge in [-0.3, -0.25) is 4.79 Å². The summed E-state index contributed by atoms with van der Waals surface area (Å²) in [6.45, 7) is 2.50. The molecule has 0 saturated carbocycles. The smallest absolute Gasteiger partial charge is 0.153 e. The minimum Gasteiger partial charge on any atom is -0.494 e. The molecular formula is C15H13FO2. The van der Waals surface area contributed by atoms with Crippen molar-refractivity contribution in [2.75, 3.05) is 6.61 Å². The van der Waals surface area contributed by atoms with Crippen LogP contribution in [0.4, 0.5) is 4.39 Å². The van der Waals surface area contributed by atoms with E-state index in [2.05, 4.69) is 0 Å². The van der Waals surface area contributed by atoms with Crippen molar-refractivity contribution in [2.45, 2.75) is 6.92 Å². The molecule has 18 heavy (non-hydrogen) atoms. The van der Waals surface area contributed by atoms with Crippen LogP contribution in [0.25, 0.3) is 11.1 Å². The van der Waals surface area contributed by atoms with Gasteiger partial charge in [0.15, 0.2) is 6.29 Å². The third kappa shape index (κ3) is 2.56. The minimum atomic E-state index is -0.505. The van der Waals surface area contributed by atoms with E-state index >= 15 is 0 Å². The van der Waals surface area contributed by atoms with Crippen molar-refractivity contribution in [1.82, 2.24) is 0 Å². The summed E-state index contributed by atoms with van der Waals surface area (Å²) in [5.41, 5.74) is 1.75. The van der Waals surface area contributed by atoms with Gasteiger partial charge in [0, 0.05) is 0 Å². The maximum atomic E-state index is 13.2. The van der Waals surface area contributed by atoms with Crippen LogP contribution in [0.1, 0.15) is 17.3 Å². The van der Waals surface area contributed by atoms with Crippen molar-refractivity contribution in [1.29, 1.82) is 0 Å². The van der Waals surface area contributed by atoms with E-state index < -0.39 is 5.82 Å². The van der Waals surface area contributed by atoms with Gasteiger partial charge >= 0.3 is 0 Å². The van der Waals surface area contributed by atoms with E-state index in [0.717, 1.165) is 16.9 Å². The van der Waals surface area contributed by atoms with Crippen molar-refractivity contribution in [3.63, 3.8) is 0 Å². The minimum absolute atomic E-state index is 0.0642. The van der Waals surface area contributed by atoms with Crippen LogP contribution in [0.15, 0.2) is 42.5 Å². The van der Waals surface area contributed by atoms with Gasteiger partial charge < -0.3 is 4.74 Å². The molecule has 2 aromatic rings. The molecule has 2 nitrogen and oxygen atoms in total. The first-order valence-corrected chi connectivity index (χ1v) is 5.72. The fourth-order valence-corrected chi connectivity index (χ4v) is 1.75. The standard InChI is InChI=1S/C15H13FO2/c1-2-18-14-5-3-4-11(9-14)12-6-7-15(16)13(8-12)10-17/h3-10H,2H2,1H3. The highest BCUT2D eigenvalue weighted by Crippen LogP contribution is 2.25. The molecule has 0 N–H and O–H groups in total. The zero-order valence-corrected chi connectivity index (χ0v) is 10.0. The summed E-state index contributed by atoms with van der Waals surface area (Å²) < 4.78 is 18.6. The molecule has 0 amide bonds. The van der Waals surface area contributed by atoms with Gasteiger partial charge in [-0.1, -0.05) is 18.2 Å².